The van der Waals surface area contributed by atoms with Crippen molar-refractivity contribution < 1.29 is 29.1 Å². The van der Waals surface area contributed by atoms with Gasteiger partial charge in [-0.05, 0) is 107 Å². The molecule has 2 aromatic heterocycles. The maximum absolute atomic E-state index is 14.3. The minimum Gasteiger partial charge on any atom is -0.391 e. The van der Waals surface area contributed by atoms with Crippen LogP contribution in [-0.4, -0.2) is 109 Å². The number of nitrogens with zero attached hydrogens (tertiary/aromatic N) is 6. The van der Waals surface area contributed by atoms with Crippen LogP contribution in [0.4, 0.5) is 28.8 Å². The van der Waals surface area contributed by atoms with Crippen molar-refractivity contribution in [3.05, 3.63) is 107 Å². The molecule has 4 heterocycles. The summed E-state index contributed by atoms with van der Waals surface area (Å²) in [6.45, 7) is 9.51. The van der Waals surface area contributed by atoms with Crippen LogP contribution in [0.5, 0.6) is 0 Å². The Kier molecular flexibility index (Phi) is 16.1. The number of benzene rings is 3. The SMILES string of the molecule is CC(=O)N[C@H](C(=O)N1C[C@H](O)C[C@H]1C(=O)N[C@@H](C)c1ccc(-c2scnc2C)cc1)C(C)(C)SCCCCCNC(=O)c1ccc(Nc2ncc3c(n2)N(C2CCCC2)c2ccccc2C(=O)N3C)cc1. The molecule has 1 saturated carbocycles. The van der Waals surface area contributed by atoms with Crippen LogP contribution in [0.3, 0.4) is 0 Å². The fourth-order valence-electron chi connectivity index (χ4n) is 9.70. The lowest BCUT2D eigenvalue weighted by Gasteiger charge is -2.37. The summed E-state index contributed by atoms with van der Waals surface area (Å²) in [6, 6.07) is 20.8. The van der Waals surface area contributed by atoms with Crippen LogP contribution in [0.1, 0.15) is 117 Å². The van der Waals surface area contributed by atoms with Gasteiger partial charge in [-0.15, -0.1) is 11.3 Å². The first-order valence-electron chi connectivity index (χ1n) is 24.5. The normalized spacial score (nSPS) is 17.8. The Morgan fingerprint density at radius 3 is 2.37 bits per heavy atom. The number of amides is 5. The first-order chi connectivity index (χ1) is 34.1. The molecule has 8 rings (SSSR count). The second kappa shape index (κ2) is 22.4. The Morgan fingerprint density at radius 1 is 0.930 bits per heavy atom. The minimum absolute atomic E-state index is 0.0136. The van der Waals surface area contributed by atoms with Gasteiger partial charge in [-0.25, -0.2) is 9.97 Å². The third kappa shape index (κ3) is 11.7. The van der Waals surface area contributed by atoms with Crippen molar-refractivity contribution in [2.75, 3.05) is 41.0 Å². The van der Waals surface area contributed by atoms with Crippen molar-refractivity contribution in [1.29, 1.82) is 0 Å². The molecule has 5 amide bonds. The summed E-state index contributed by atoms with van der Waals surface area (Å²) in [5.74, 6) is 0.325. The predicted molar refractivity (Wildman–Crippen MR) is 281 cm³/mol. The average molecular weight is 1000 g/mol. The number of β-amino-alcohol motifs (C(OH)–C–C–N with tert-alkyl or cyclic N) is 1. The van der Waals surface area contributed by atoms with Crippen molar-refractivity contribution >= 4 is 81.5 Å². The standard InChI is InChI=1S/C53H64N10O6S2/c1-32(35-18-20-36(21-19-35)45-33(2)56-31-70-45)57-49(67)43-28-40(65)30-62(43)51(69)46(58-34(3)64)53(4,5)71-27-13-7-12-26-54-48(66)37-22-24-38(25-23-37)59-52-55-29-44-47(60-52)63(39-14-8-9-15-39)42-17-11-10-16-41(42)50(68)61(44)6/h10-11,16-25,29,31-32,39-40,43,46,65H,7-9,12-15,26-28,30H2,1-6H3,(H,54,66)(H,57,67)(H,58,64)(H,55,59,60)/t32-,40+,43-,46+/m0/s1. The van der Waals surface area contributed by atoms with E-state index in [9.17, 15) is 29.1 Å². The van der Waals surface area contributed by atoms with Crippen molar-refractivity contribution in [3.63, 3.8) is 0 Å². The number of rotatable bonds is 18. The zero-order chi connectivity index (χ0) is 50.4. The summed E-state index contributed by atoms with van der Waals surface area (Å²) in [5.41, 5.74) is 8.09. The molecule has 2 aliphatic heterocycles. The smallest absolute Gasteiger partial charge is 0.260 e. The van der Waals surface area contributed by atoms with E-state index in [2.05, 4.69) is 36.1 Å². The van der Waals surface area contributed by atoms with Crippen molar-refractivity contribution in [3.8, 4) is 10.4 Å². The summed E-state index contributed by atoms with van der Waals surface area (Å²) in [5, 5.41) is 22.9. The van der Waals surface area contributed by atoms with Gasteiger partial charge in [0.25, 0.3) is 11.8 Å². The van der Waals surface area contributed by atoms with E-state index in [1.165, 1.54) is 11.8 Å². The van der Waals surface area contributed by atoms with E-state index < -0.39 is 28.8 Å². The number of unbranched alkanes of at least 4 members (excludes halogenated alkanes) is 2. The third-order valence-electron chi connectivity index (χ3n) is 13.6. The highest BCUT2D eigenvalue weighted by atomic mass is 32.2. The number of aryl methyl sites for hydroxylation is 1. The molecule has 71 heavy (non-hydrogen) atoms. The number of thioether (sulfide) groups is 1. The number of fused-ring (bicyclic) bond motifs is 2. The fourth-order valence-corrected chi connectivity index (χ4v) is 11.7. The molecule has 0 radical (unpaired) electrons. The highest BCUT2D eigenvalue weighted by molar-refractivity contribution is 8.00. The first-order valence-corrected chi connectivity index (χ1v) is 26.3. The molecule has 0 bridgehead atoms. The van der Waals surface area contributed by atoms with E-state index in [1.807, 2.05) is 93.9 Å². The Morgan fingerprint density at radius 2 is 1.66 bits per heavy atom. The quantitative estimate of drug-likeness (QED) is 0.0530. The molecule has 5 N–H and O–H groups in total. The molecule has 18 heteroatoms. The highest BCUT2D eigenvalue weighted by Gasteiger charge is 2.46. The van der Waals surface area contributed by atoms with Gasteiger partial charge in [-0.2, -0.15) is 16.7 Å². The fraction of sp³-hybridized carbons (Fsp3) is 0.434. The number of anilines is 5. The lowest BCUT2D eigenvalue weighted by atomic mass is 10.0. The van der Waals surface area contributed by atoms with Crippen molar-refractivity contribution in [1.82, 2.24) is 35.8 Å². The number of nitrogens with one attached hydrogen (secondary N) is 4. The Balaban J connectivity index is 0.799. The lowest BCUT2D eigenvalue weighted by molar-refractivity contribution is -0.142. The molecular weight excluding hydrogens is 937 g/mol. The minimum atomic E-state index is -0.944. The van der Waals surface area contributed by atoms with E-state index in [0.29, 0.717) is 46.6 Å². The number of likely N-dealkylation sites (tertiary alicyclic amines) is 1. The first kappa shape index (κ1) is 51.0. The van der Waals surface area contributed by atoms with Crippen LogP contribution in [0.25, 0.3) is 10.4 Å². The Hall–Kier alpha value is -6.37. The summed E-state index contributed by atoms with van der Waals surface area (Å²) < 4.78 is -0.747. The topological polar surface area (TPSA) is 202 Å². The molecule has 0 spiro atoms. The van der Waals surface area contributed by atoms with Gasteiger partial charge in [-0.3, -0.25) is 24.0 Å². The van der Waals surface area contributed by atoms with E-state index in [1.54, 1.807) is 53.4 Å². The van der Waals surface area contributed by atoms with E-state index in [-0.39, 0.29) is 48.7 Å². The van der Waals surface area contributed by atoms with Gasteiger partial charge in [0.05, 0.1) is 45.7 Å². The summed E-state index contributed by atoms with van der Waals surface area (Å²) in [7, 11) is 1.76. The maximum Gasteiger partial charge on any atom is 0.260 e. The van der Waals surface area contributed by atoms with Gasteiger partial charge in [0, 0.05) is 55.5 Å². The van der Waals surface area contributed by atoms with Gasteiger partial charge in [0.1, 0.15) is 17.8 Å². The van der Waals surface area contributed by atoms with Crippen molar-refractivity contribution in [2.45, 2.75) is 121 Å². The largest absolute Gasteiger partial charge is 0.391 e. The number of thiazole rings is 1. The van der Waals surface area contributed by atoms with Crippen LogP contribution in [0.15, 0.2) is 84.5 Å². The number of para-hydroxylation sites is 1. The maximum atomic E-state index is 14.3. The monoisotopic (exact) mass is 1000 g/mol. The lowest BCUT2D eigenvalue weighted by Crippen LogP contribution is -2.59. The van der Waals surface area contributed by atoms with E-state index in [4.69, 9.17) is 4.98 Å². The summed E-state index contributed by atoms with van der Waals surface area (Å²) in [6.07, 6.45) is 7.54. The number of aliphatic hydroxyl groups excluding tert-OH is 1. The number of aliphatic hydroxyl groups is 1. The van der Waals surface area contributed by atoms with Gasteiger partial charge < -0.3 is 41.1 Å². The summed E-state index contributed by atoms with van der Waals surface area (Å²) in [4.78, 5) is 87.4. The zero-order valence-corrected chi connectivity index (χ0v) is 42.9. The summed E-state index contributed by atoms with van der Waals surface area (Å²) >= 11 is 3.13. The number of hydrogen-bond acceptors (Lipinski definition) is 13. The highest BCUT2D eigenvalue weighted by Crippen LogP contribution is 2.44. The number of aromatic nitrogens is 3. The molecule has 1 saturated heterocycles. The van der Waals surface area contributed by atoms with Gasteiger partial charge in [0.15, 0.2) is 5.82 Å². The molecule has 3 aromatic carbocycles. The van der Waals surface area contributed by atoms with E-state index >= 15 is 0 Å². The van der Waals surface area contributed by atoms with Gasteiger partial charge in [0.2, 0.25) is 23.7 Å². The molecule has 0 unspecified atom stereocenters. The van der Waals surface area contributed by atoms with Crippen molar-refractivity contribution in [2.24, 2.45) is 0 Å². The van der Waals surface area contributed by atoms with Crippen LogP contribution >= 0.6 is 23.1 Å². The molecule has 5 aromatic rings. The molecule has 16 nitrogen and oxygen atoms in total. The predicted octanol–water partition coefficient (Wildman–Crippen LogP) is 8.08. The average Bonchev–Trinajstić information content (AvgIpc) is 4.14. The Bertz CT molecular complexity index is 2730. The molecule has 1 aliphatic carbocycles. The number of carbonyl (C=O) groups excluding carboxylic acids is 5. The molecule has 4 atom stereocenters. The second-order valence-corrected chi connectivity index (χ2v) is 21.8. The Labute approximate surface area is 423 Å². The van der Waals surface area contributed by atoms with Crippen LogP contribution in [0.2, 0.25) is 0 Å². The molecule has 3 aliphatic rings. The zero-order valence-electron chi connectivity index (χ0n) is 41.2. The molecule has 374 valence electrons. The van der Waals surface area contributed by atoms with Gasteiger partial charge in [-0.1, -0.05) is 55.7 Å². The van der Waals surface area contributed by atoms with Gasteiger partial charge >= 0.3 is 0 Å². The number of carbonyl (C=O) groups is 5. The molecular formula is C53H64N10O6S2. The molecule has 2 fully saturated rings. The number of hydrogen-bond donors (Lipinski definition) is 5. The van der Waals surface area contributed by atoms with Crippen LogP contribution in [-0.2, 0) is 14.4 Å². The van der Waals surface area contributed by atoms with Crippen LogP contribution < -0.4 is 31.1 Å². The second-order valence-electron chi connectivity index (χ2n) is 19.2. The van der Waals surface area contributed by atoms with E-state index in [0.717, 1.165) is 72.3 Å². The third-order valence-corrected chi connectivity index (χ3v) is 16.1. The van der Waals surface area contributed by atoms with Crippen LogP contribution in [0, 0.1) is 6.92 Å².